The summed E-state index contributed by atoms with van der Waals surface area (Å²) in [5.74, 6) is -0.753. The molecule has 1 fully saturated rings. The average Bonchev–Trinajstić information content (AvgIpc) is 3.28. The van der Waals surface area contributed by atoms with Crippen LogP contribution in [0.25, 0.3) is 0 Å². The Bertz CT molecular complexity index is 843. The SMILES string of the molecule is COC(=O)c1ccccc1C(=O)NC[C@@H](c1ccc(N(C)C)cc1)[NH+]1CCCC1. The van der Waals surface area contributed by atoms with Crippen LogP contribution in [0.4, 0.5) is 5.69 Å². The Hall–Kier alpha value is -2.86. The van der Waals surface area contributed by atoms with Crippen LogP contribution in [0.5, 0.6) is 0 Å². The lowest BCUT2D eigenvalue weighted by Gasteiger charge is -2.26. The Morgan fingerprint density at radius 2 is 1.66 bits per heavy atom. The van der Waals surface area contributed by atoms with Gasteiger partial charge in [-0.25, -0.2) is 4.79 Å². The molecule has 0 spiro atoms. The first-order valence-electron chi connectivity index (χ1n) is 10.1. The molecule has 0 bridgehead atoms. The van der Waals surface area contributed by atoms with Crippen LogP contribution in [0, 0.1) is 0 Å². The standard InChI is InChI=1S/C23H29N3O3/c1-25(2)18-12-10-17(11-13-18)21(26-14-6-7-15-26)16-24-22(27)19-8-4-5-9-20(19)23(28)29-3/h4-5,8-13,21H,6-7,14-16H2,1-3H3,(H,24,27)/p+1/t21-/m0/s1. The molecular formula is C23H30N3O3+. The maximum absolute atomic E-state index is 12.8. The van der Waals surface area contributed by atoms with Gasteiger partial charge in [0.2, 0.25) is 0 Å². The van der Waals surface area contributed by atoms with Crippen LogP contribution in [0.15, 0.2) is 48.5 Å². The zero-order chi connectivity index (χ0) is 20.8. The van der Waals surface area contributed by atoms with Crippen molar-refractivity contribution in [2.24, 2.45) is 0 Å². The number of hydrogen-bond acceptors (Lipinski definition) is 4. The van der Waals surface area contributed by atoms with Crippen molar-refractivity contribution in [3.05, 3.63) is 65.2 Å². The van der Waals surface area contributed by atoms with E-state index in [4.69, 9.17) is 4.74 Å². The summed E-state index contributed by atoms with van der Waals surface area (Å²) in [5, 5.41) is 3.05. The number of amides is 1. The molecule has 6 nitrogen and oxygen atoms in total. The van der Waals surface area contributed by atoms with Crippen LogP contribution < -0.4 is 15.1 Å². The maximum Gasteiger partial charge on any atom is 0.338 e. The van der Waals surface area contributed by atoms with E-state index in [1.165, 1.54) is 30.4 Å². The van der Waals surface area contributed by atoms with E-state index in [9.17, 15) is 9.59 Å². The van der Waals surface area contributed by atoms with Gasteiger partial charge in [-0.15, -0.1) is 0 Å². The Balaban J connectivity index is 1.77. The minimum Gasteiger partial charge on any atom is -0.465 e. The number of rotatable bonds is 7. The molecule has 3 rings (SSSR count). The fourth-order valence-corrected chi connectivity index (χ4v) is 3.94. The van der Waals surface area contributed by atoms with Gasteiger partial charge in [-0.05, 0) is 24.3 Å². The third-order valence-electron chi connectivity index (χ3n) is 5.59. The fourth-order valence-electron chi connectivity index (χ4n) is 3.94. The summed E-state index contributed by atoms with van der Waals surface area (Å²) in [4.78, 5) is 28.4. The van der Waals surface area contributed by atoms with Gasteiger partial charge in [0, 0.05) is 38.2 Å². The van der Waals surface area contributed by atoms with Crippen LogP contribution >= 0.6 is 0 Å². The molecule has 0 unspecified atom stereocenters. The number of carbonyl (C=O) groups is 2. The Morgan fingerprint density at radius 3 is 2.24 bits per heavy atom. The topological polar surface area (TPSA) is 63.1 Å². The van der Waals surface area contributed by atoms with E-state index in [-0.39, 0.29) is 17.5 Å². The largest absolute Gasteiger partial charge is 0.465 e. The molecule has 2 aromatic rings. The first-order chi connectivity index (χ1) is 14.0. The zero-order valence-corrected chi connectivity index (χ0v) is 17.4. The number of nitrogens with one attached hydrogen (secondary N) is 2. The number of esters is 1. The summed E-state index contributed by atoms with van der Waals surface area (Å²) in [6.45, 7) is 2.73. The van der Waals surface area contributed by atoms with Gasteiger partial charge >= 0.3 is 5.97 Å². The second-order valence-electron chi connectivity index (χ2n) is 7.65. The van der Waals surface area contributed by atoms with Crippen LogP contribution in [0.1, 0.15) is 45.2 Å². The van der Waals surface area contributed by atoms with Crippen molar-refractivity contribution in [1.82, 2.24) is 5.32 Å². The number of ether oxygens (including phenoxy) is 1. The predicted molar refractivity (Wildman–Crippen MR) is 114 cm³/mol. The zero-order valence-electron chi connectivity index (χ0n) is 17.4. The number of benzene rings is 2. The van der Waals surface area contributed by atoms with Gasteiger partial charge in [-0.3, -0.25) is 4.79 Å². The lowest BCUT2D eigenvalue weighted by molar-refractivity contribution is -0.918. The molecule has 2 aromatic carbocycles. The van der Waals surface area contributed by atoms with Gasteiger partial charge in [-0.1, -0.05) is 24.3 Å². The molecule has 1 atom stereocenters. The second kappa shape index (κ2) is 9.56. The predicted octanol–water partition coefficient (Wildman–Crippen LogP) is 1.69. The van der Waals surface area contributed by atoms with Gasteiger partial charge < -0.3 is 19.9 Å². The first kappa shape index (κ1) is 20.9. The molecular weight excluding hydrogens is 366 g/mol. The molecule has 0 aromatic heterocycles. The second-order valence-corrected chi connectivity index (χ2v) is 7.65. The van der Waals surface area contributed by atoms with Crippen molar-refractivity contribution >= 4 is 17.6 Å². The van der Waals surface area contributed by atoms with E-state index >= 15 is 0 Å². The summed E-state index contributed by atoms with van der Waals surface area (Å²) in [6, 6.07) is 15.5. The molecule has 154 valence electrons. The highest BCUT2D eigenvalue weighted by Crippen LogP contribution is 2.17. The molecule has 6 heteroatoms. The lowest BCUT2D eigenvalue weighted by Crippen LogP contribution is -3.11. The van der Waals surface area contributed by atoms with Crippen molar-refractivity contribution in [3.8, 4) is 0 Å². The molecule has 0 saturated carbocycles. The minimum atomic E-state index is -0.503. The van der Waals surface area contributed by atoms with E-state index in [2.05, 4.69) is 34.5 Å². The summed E-state index contributed by atoms with van der Waals surface area (Å²) in [6.07, 6.45) is 2.42. The lowest BCUT2D eigenvalue weighted by atomic mass is 10.0. The van der Waals surface area contributed by atoms with Crippen LogP contribution in [-0.2, 0) is 4.74 Å². The van der Waals surface area contributed by atoms with Gasteiger partial charge in [0.1, 0.15) is 6.04 Å². The molecule has 1 saturated heterocycles. The number of carbonyl (C=O) groups excluding carboxylic acids is 2. The molecule has 0 aliphatic carbocycles. The smallest absolute Gasteiger partial charge is 0.338 e. The van der Waals surface area contributed by atoms with Crippen LogP contribution in [0.3, 0.4) is 0 Å². The quantitative estimate of drug-likeness (QED) is 0.699. The average molecular weight is 397 g/mol. The monoisotopic (exact) mass is 396 g/mol. The number of quaternary nitrogens is 1. The molecule has 1 heterocycles. The van der Waals surface area contributed by atoms with Crippen molar-refractivity contribution in [2.45, 2.75) is 18.9 Å². The van der Waals surface area contributed by atoms with Crippen LogP contribution in [0.2, 0.25) is 0 Å². The van der Waals surface area contributed by atoms with Crippen LogP contribution in [-0.4, -0.2) is 52.7 Å². The summed E-state index contributed by atoms with van der Waals surface area (Å²) in [7, 11) is 5.37. The normalized spacial score (nSPS) is 15.0. The Labute approximate surface area is 172 Å². The summed E-state index contributed by atoms with van der Waals surface area (Å²) in [5.41, 5.74) is 3.00. The summed E-state index contributed by atoms with van der Waals surface area (Å²) >= 11 is 0. The highest BCUT2D eigenvalue weighted by Gasteiger charge is 2.28. The third kappa shape index (κ3) is 4.95. The Kier molecular flexibility index (Phi) is 6.88. The van der Waals surface area contributed by atoms with E-state index in [0.29, 0.717) is 12.1 Å². The van der Waals surface area contributed by atoms with E-state index in [0.717, 1.165) is 18.8 Å². The molecule has 1 aliphatic heterocycles. The molecule has 2 N–H and O–H groups in total. The first-order valence-corrected chi connectivity index (χ1v) is 10.1. The van der Waals surface area contributed by atoms with Crippen molar-refractivity contribution in [1.29, 1.82) is 0 Å². The van der Waals surface area contributed by atoms with Gasteiger partial charge in [0.05, 0.1) is 37.9 Å². The van der Waals surface area contributed by atoms with Crippen molar-refractivity contribution in [2.75, 3.05) is 45.7 Å². The molecule has 1 amide bonds. The van der Waals surface area contributed by atoms with E-state index in [1.54, 1.807) is 24.3 Å². The minimum absolute atomic E-state index is 0.183. The number of anilines is 1. The molecule has 1 aliphatic rings. The highest BCUT2D eigenvalue weighted by molar-refractivity contribution is 6.05. The molecule has 0 radical (unpaired) electrons. The van der Waals surface area contributed by atoms with E-state index in [1.807, 2.05) is 14.1 Å². The number of hydrogen-bond donors (Lipinski definition) is 2. The molecule has 29 heavy (non-hydrogen) atoms. The van der Waals surface area contributed by atoms with Crippen molar-refractivity contribution in [3.63, 3.8) is 0 Å². The number of methoxy groups -OCH3 is 1. The highest BCUT2D eigenvalue weighted by atomic mass is 16.5. The maximum atomic E-state index is 12.8. The van der Waals surface area contributed by atoms with Gasteiger partial charge in [0.25, 0.3) is 5.91 Å². The number of likely N-dealkylation sites (tertiary alicyclic amines) is 1. The van der Waals surface area contributed by atoms with Gasteiger partial charge in [0.15, 0.2) is 0 Å². The van der Waals surface area contributed by atoms with E-state index < -0.39 is 5.97 Å². The Morgan fingerprint density at radius 1 is 1.03 bits per heavy atom. The summed E-state index contributed by atoms with van der Waals surface area (Å²) < 4.78 is 4.81. The fraction of sp³-hybridized carbons (Fsp3) is 0.391. The third-order valence-corrected chi connectivity index (χ3v) is 5.59. The van der Waals surface area contributed by atoms with Crippen molar-refractivity contribution < 1.29 is 19.2 Å². The van der Waals surface area contributed by atoms with Gasteiger partial charge in [-0.2, -0.15) is 0 Å². The number of nitrogens with zero attached hydrogens (tertiary/aromatic N) is 1.